The smallest absolute Gasteiger partial charge is 0.168 e. The zero-order valence-electron chi connectivity index (χ0n) is 11.9. The summed E-state index contributed by atoms with van der Waals surface area (Å²) in [4.78, 5) is 2.55. The Kier molecular flexibility index (Phi) is 4.74. The Hall–Kier alpha value is -0.160. The van der Waals surface area contributed by atoms with Crippen molar-refractivity contribution in [2.24, 2.45) is 0 Å². The second-order valence-electron chi connectivity index (χ2n) is 6.08. The fourth-order valence-electron chi connectivity index (χ4n) is 3.53. The minimum absolute atomic E-state index is 0.241. The third-order valence-corrected chi connectivity index (χ3v) is 4.68. The van der Waals surface area contributed by atoms with Gasteiger partial charge in [-0.1, -0.05) is 0 Å². The van der Waals surface area contributed by atoms with E-state index in [-0.39, 0.29) is 5.79 Å². The highest BCUT2D eigenvalue weighted by Gasteiger charge is 2.40. The first-order valence-corrected chi connectivity index (χ1v) is 7.98. The SMILES string of the molecule is C1CCN(CCCOC2CCC3(CC2)OCCO3)C1. The largest absolute Gasteiger partial charge is 0.378 e. The molecule has 0 aromatic rings. The maximum Gasteiger partial charge on any atom is 0.168 e. The number of rotatable bonds is 5. The van der Waals surface area contributed by atoms with Crippen molar-refractivity contribution in [3.63, 3.8) is 0 Å². The van der Waals surface area contributed by atoms with Gasteiger partial charge in [-0.3, -0.25) is 0 Å². The molecule has 4 heteroatoms. The lowest BCUT2D eigenvalue weighted by atomic mass is 9.92. The topological polar surface area (TPSA) is 30.9 Å². The number of hydrogen-bond donors (Lipinski definition) is 0. The predicted octanol–water partition coefficient (Wildman–Crippen LogP) is 2.17. The fraction of sp³-hybridized carbons (Fsp3) is 1.00. The summed E-state index contributed by atoms with van der Waals surface area (Å²) in [5.74, 6) is -0.241. The van der Waals surface area contributed by atoms with E-state index in [4.69, 9.17) is 14.2 Å². The van der Waals surface area contributed by atoms with Gasteiger partial charge in [0.2, 0.25) is 0 Å². The third kappa shape index (κ3) is 3.69. The molecule has 1 spiro atoms. The molecule has 1 saturated carbocycles. The van der Waals surface area contributed by atoms with Crippen molar-refractivity contribution < 1.29 is 14.2 Å². The predicted molar refractivity (Wildman–Crippen MR) is 73.1 cm³/mol. The van der Waals surface area contributed by atoms with E-state index in [0.29, 0.717) is 6.10 Å². The van der Waals surface area contributed by atoms with Gasteiger partial charge >= 0.3 is 0 Å². The lowest BCUT2D eigenvalue weighted by Crippen LogP contribution is -2.37. The molecule has 3 fully saturated rings. The molecule has 2 heterocycles. The maximum atomic E-state index is 6.01. The van der Waals surface area contributed by atoms with Gasteiger partial charge in [0.1, 0.15) is 0 Å². The Bertz CT molecular complexity index is 263. The monoisotopic (exact) mass is 269 g/mol. The standard InChI is InChI=1S/C15H27NO3/c1-2-9-16(8-1)10-3-11-17-14-4-6-15(7-5-14)18-12-13-19-15/h14H,1-13H2. The molecule has 3 rings (SSSR count). The van der Waals surface area contributed by atoms with E-state index >= 15 is 0 Å². The molecule has 19 heavy (non-hydrogen) atoms. The van der Waals surface area contributed by atoms with Gasteiger partial charge in [0.15, 0.2) is 5.79 Å². The molecule has 3 aliphatic rings. The third-order valence-electron chi connectivity index (χ3n) is 4.68. The van der Waals surface area contributed by atoms with Crippen LogP contribution in [-0.4, -0.2) is 56.2 Å². The highest BCUT2D eigenvalue weighted by molar-refractivity contribution is 4.82. The summed E-state index contributed by atoms with van der Waals surface area (Å²) in [6.07, 6.45) is 8.55. The Morgan fingerprint density at radius 1 is 1.05 bits per heavy atom. The molecular weight excluding hydrogens is 242 g/mol. The molecule has 0 unspecified atom stereocenters. The number of hydrogen-bond acceptors (Lipinski definition) is 4. The first-order valence-electron chi connectivity index (χ1n) is 7.98. The van der Waals surface area contributed by atoms with Crippen molar-refractivity contribution >= 4 is 0 Å². The van der Waals surface area contributed by atoms with Crippen molar-refractivity contribution in [1.82, 2.24) is 4.90 Å². The zero-order valence-corrected chi connectivity index (χ0v) is 11.9. The highest BCUT2D eigenvalue weighted by Crippen LogP contribution is 2.36. The van der Waals surface area contributed by atoms with Crippen LogP contribution in [0.25, 0.3) is 0 Å². The summed E-state index contributed by atoms with van der Waals surface area (Å²) >= 11 is 0. The number of nitrogens with zero attached hydrogens (tertiary/aromatic N) is 1. The van der Waals surface area contributed by atoms with E-state index < -0.39 is 0 Å². The average molecular weight is 269 g/mol. The van der Waals surface area contributed by atoms with Crippen molar-refractivity contribution in [1.29, 1.82) is 0 Å². The van der Waals surface area contributed by atoms with Gasteiger partial charge in [-0.15, -0.1) is 0 Å². The molecule has 0 N–H and O–H groups in total. The van der Waals surface area contributed by atoms with Crippen LogP contribution in [0.2, 0.25) is 0 Å². The maximum absolute atomic E-state index is 6.01. The van der Waals surface area contributed by atoms with Crippen molar-refractivity contribution in [3.8, 4) is 0 Å². The summed E-state index contributed by atoms with van der Waals surface area (Å²) in [6.45, 7) is 6.24. The minimum Gasteiger partial charge on any atom is -0.378 e. The quantitative estimate of drug-likeness (QED) is 0.716. The fourth-order valence-corrected chi connectivity index (χ4v) is 3.53. The summed E-state index contributed by atoms with van der Waals surface area (Å²) in [5.41, 5.74) is 0. The Balaban J connectivity index is 1.27. The van der Waals surface area contributed by atoms with Crippen LogP contribution >= 0.6 is 0 Å². The molecule has 2 saturated heterocycles. The Morgan fingerprint density at radius 2 is 1.74 bits per heavy atom. The molecule has 0 aromatic heterocycles. The van der Waals surface area contributed by atoms with Crippen LogP contribution in [-0.2, 0) is 14.2 Å². The van der Waals surface area contributed by atoms with E-state index in [0.717, 1.165) is 45.5 Å². The normalized spacial score (nSPS) is 28.4. The van der Waals surface area contributed by atoms with Crippen LogP contribution in [0.3, 0.4) is 0 Å². The highest BCUT2D eigenvalue weighted by atomic mass is 16.7. The molecule has 0 atom stereocenters. The first kappa shape index (κ1) is 13.8. The Labute approximate surface area is 116 Å². The van der Waals surface area contributed by atoms with Crippen LogP contribution in [0.4, 0.5) is 0 Å². The van der Waals surface area contributed by atoms with Crippen molar-refractivity contribution in [3.05, 3.63) is 0 Å². The zero-order chi connectivity index (χ0) is 13.0. The molecule has 0 amide bonds. The van der Waals surface area contributed by atoms with Crippen molar-refractivity contribution in [2.45, 2.75) is 56.8 Å². The minimum atomic E-state index is -0.241. The van der Waals surface area contributed by atoms with Gasteiger partial charge in [0.05, 0.1) is 19.3 Å². The van der Waals surface area contributed by atoms with Gasteiger partial charge < -0.3 is 19.1 Å². The molecule has 0 aromatic carbocycles. The molecule has 0 bridgehead atoms. The lowest BCUT2D eigenvalue weighted by Gasteiger charge is -2.35. The lowest BCUT2D eigenvalue weighted by molar-refractivity contribution is -0.191. The second-order valence-corrected chi connectivity index (χ2v) is 6.08. The van der Waals surface area contributed by atoms with Crippen molar-refractivity contribution in [2.75, 3.05) is 39.5 Å². The van der Waals surface area contributed by atoms with E-state index in [1.54, 1.807) is 0 Å². The molecule has 110 valence electrons. The van der Waals surface area contributed by atoms with Gasteiger partial charge in [-0.05, 0) is 45.2 Å². The van der Waals surface area contributed by atoms with Gasteiger partial charge in [0.25, 0.3) is 0 Å². The van der Waals surface area contributed by atoms with Crippen LogP contribution in [0.15, 0.2) is 0 Å². The van der Waals surface area contributed by atoms with E-state index in [1.807, 2.05) is 0 Å². The van der Waals surface area contributed by atoms with Crippen LogP contribution < -0.4 is 0 Å². The van der Waals surface area contributed by atoms with Gasteiger partial charge in [0, 0.05) is 26.0 Å². The number of ether oxygens (including phenoxy) is 3. The molecule has 4 nitrogen and oxygen atoms in total. The number of likely N-dealkylation sites (tertiary alicyclic amines) is 1. The van der Waals surface area contributed by atoms with E-state index in [2.05, 4.69) is 4.90 Å². The Morgan fingerprint density at radius 3 is 2.42 bits per heavy atom. The summed E-state index contributed by atoms with van der Waals surface area (Å²) < 4.78 is 17.5. The summed E-state index contributed by atoms with van der Waals surface area (Å²) in [7, 11) is 0. The molecule has 0 radical (unpaired) electrons. The van der Waals surface area contributed by atoms with E-state index in [9.17, 15) is 0 Å². The first-order chi connectivity index (χ1) is 9.36. The summed E-state index contributed by atoms with van der Waals surface area (Å²) in [5, 5.41) is 0. The second kappa shape index (κ2) is 6.53. The molecular formula is C15H27NO3. The average Bonchev–Trinajstić information content (AvgIpc) is 3.09. The van der Waals surface area contributed by atoms with Crippen LogP contribution in [0.5, 0.6) is 0 Å². The summed E-state index contributed by atoms with van der Waals surface area (Å²) in [6, 6.07) is 0. The van der Waals surface area contributed by atoms with Gasteiger partial charge in [-0.2, -0.15) is 0 Å². The van der Waals surface area contributed by atoms with Crippen LogP contribution in [0.1, 0.15) is 44.9 Å². The van der Waals surface area contributed by atoms with Crippen LogP contribution in [0, 0.1) is 0 Å². The van der Waals surface area contributed by atoms with E-state index in [1.165, 1.54) is 38.9 Å². The molecule has 1 aliphatic carbocycles. The molecule has 2 aliphatic heterocycles. The van der Waals surface area contributed by atoms with Gasteiger partial charge in [-0.25, -0.2) is 0 Å².